The zero-order valence-electron chi connectivity index (χ0n) is 11.1. The smallest absolute Gasteiger partial charge is 0.136 e. The summed E-state index contributed by atoms with van der Waals surface area (Å²) in [6, 6.07) is 9.91. The van der Waals surface area contributed by atoms with E-state index >= 15 is 0 Å². The molecule has 1 N–H and O–H groups in total. The van der Waals surface area contributed by atoms with Crippen LogP contribution in [0, 0.1) is 18.3 Å². The highest BCUT2D eigenvalue weighted by Crippen LogP contribution is 2.19. The lowest BCUT2D eigenvalue weighted by molar-refractivity contribution is 0.412. The first-order valence-electron chi connectivity index (χ1n) is 6.05. The first-order chi connectivity index (χ1) is 9.24. The van der Waals surface area contributed by atoms with Gasteiger partial charge >= 0.3 is 0 Å². The van der Waals surface area contributed by atoms with Crippen LogP contribution in [0.4, 0.5) is 0 Å². The topological polar surface area (TPSA) is 45.0 Å². The number of methoxy groups -OCH3 is 1. The van der Waals surface area contributed by atoms with Crippen molar-refractivity contribution < 1.29 is 4.74 Å². The number of hydrogen-bond donors (Lipinski definition) is 1. The van der Waals surface area contributed by atoms with Crippen molar-refractivity contribution in [3.05, 3.63) is 51.2 Å². The molecule has 0 atom stereocenters. The lowest BCUT2D eigenvalue weighted by Crippen LogP contribution is -2.12. The molecule has 0 bridgehead atoms. The van der Waals surface area contributed by atoms with Gasteiger partial charge in [-0.3, -0.25) is 0 Å². The third kappa shape index (κ3) is 3.34. The predicted molar refractivity (Wildman–Crippen MR) is 77.3 cm³/mol. The van der Waals surface area contributed by atoms with Gasteiger partial charge in [0.05, 0.1) is 12.7 Å². The third-order valence-corrected chi connectivity index (χ3v) is 3.99. The Labute approximate surface area is 117 Å². The molecule has 0 saturated carbocycles. The minimum Gasteiger partial charge on any atom is -0.495 e. The summed E-state index contributed by atoms with van der Waals surface area (Å²) in [4.78, 5) is 1.36. The molecule has 0 saturated heterocycles. The van der Waals surface area contributed by atoms with Gasteiger partial charge in [-0.2, -0.15) is 5.26 Å². The Bertz CT molecular complexity index is 598. The maximum Gasteiger partial charge on any atom is 0.136 e. The average Bonchev–Trinajstić information content (AvgIpc) is 2.84. The van der Waals surface area contributed by atoms with Crippen LogP contribution in [-0.4, -0.2) is 7.11 Å². The van der Waals surface area contributed by atoms with Gasteiger partial charge in [0.1, 0.15) is 11.8 Å². The van der Waals surface area contributed by atoms with Gasteiger partial charge in [-0.1, -0.05) is 6.07 Å². The summed E-state index contributed by atoms with van der Waals surface area (Å²) in [6.07, 6.45) is 0. The fourth-order valence-electron chi connectivity index (χ4n) is 1.84. The number of thiophene rings is 1. The van der Waals surface area contributed by atoms with Crippen molar-refractivity contribution >= 4 is 11.3 Å². The lowest BCUT2D eigenvalue weighted by Gasteiger charge is -2.07. The van der Waals surface area contributed by atoms with E-state index in [1.807, 2.05) is 12.1 Å². The molecule has 98 valence electrons. The SMILES string of the molecule is COc1cc(CNCc2sccc2C)ccc1C#N. The van der Waals surface area contributed by atoms with E-state index in [1.165, 1.54) is 10.4 Å². The van der Waals surface area contributed by atoms with Crippen molar-refractivity contribution in [1.82, 2.24) is 5.32 Å². The van der Waals surface area contributed by atoms with E-state index in [-0.39, 0.29) is 0 Å². The van der Waals surface area contributed by atoms with Crippen molar-refractivity contribution in [3.63, 3.8) is 0 Å². The Balaban J connectivity index is 1.97. The molecule has 1 heterocycles. The van der Waals surface area contributed by atoms with Crippen molar-refractivity contribution in [2.24, 2.45) is 0 Å². The fourth-order valence-corrected chi connectivity index (χ4v) is 2.72. The number of nitrogens with one attached hydrogen (secondary N) is 1. The van der Waals surface area contributed by atoms with Gasteiger partial charge in [0, 0.05) is 18.0 Å². The summed E-state index contributed by atoms with van der Waals surface area (Å²) in [5, 5.41) is 14.4. The normalized spacial score (nSPS) is 10.2. The van der Waals surface area contributed by atoms with E-state index in [2.05, 4.69) is 29.8 Å². The van der Waals surface area contributed by atoms with Crippen molar-refractivity contribution in [2.45, 2.75) is 20.0 Å². The summed E-state index contributed by atoms with van der Waals surface area (Å²) in [7, 11) is 1.59. The van der Waals surface area contributed by atoms with Gasteiger partial charge in [0.2, 0.25) is 0 Å². The minimum absolute atomic E-state index is 0.570. The van der Waals surface area contributed by atoms with E-state index in [4.69, 9.17) is 10.00 Å². The molecule has 0 spiro atoms. The molecule has 2 aromatic rings. The van der Waals surface area contributed by atoms with E-state index in [9.17, 15) is 0 Å². The Morgan fingerprint density at radius 2 is 2.16 bits per heavy atom. The quantitative estimate of drug-likeness (QED) is 0.909. The predicted octanol–water partition coefficient (Wildman–Crippen LogP) is 3.23. The fraction of sp³-hybridized carbons (Fsp3) is 0.267. The summed E-state index contributed by atoms with van der Waals surface area (Å²) in [5.74, 6) is 0.633. The van der Waals surface area contributed by atoms with Crippen LogP contribution in [0.1, 0.15) is 21.6 Å². The Hall–Kier alpha value is -1.83. The molecule has 0 aliphatic carbocycles. The van der Waals surface area contributed by atoms with Crippen LogP contribution in [0.2, 0.25) is 0 Å². The summed E-state index contributed by atoms with van der Waals surface area (Å²) >= 11 is 1.77. The summed E-state index contributed by atoms with van der Waals surface area (Å²) in [5.41, 5.74) is 3.01. The van der Waals surface area contributed by atoms with Crippen molar-refractivity contribution in [1.29, 1.82) is 5.26 Å². The summed E-state index contributed by atoms with van der Waals surface area (Å²) in [6.45, 7) is 3.75. The third-order valence-electron chi connectivity index (χ3n) is 2.97. The number of nitrogens with zero attached hydrogens (tertiary/aromatic N) is 1. The molecule has 19 heavy (non-hydrogen) atoms. The number of nitriles is 1. The maximum absolute atomic E-state index is 8.93. The standard InChI is InChI=1S/C15H16N2OS/c1-11-5-6-19-15(11)10-17-9-12-3-4-13(8-16)14(7-12)18-2/h3-7,17H,9-10H2,1-2H3. The van der Waals surface area contributed by atoms with Gasteiger partial charge < -0.3 is 10.1 Å². The second kappa shape index (κ2) is 6.37. The van der Waals surface area contributed by atoms with Crippen LogP contribution in [0.15, 0.2) is 29.6 Å². The molecule has 0 radical (unpaired) electrons. The van der Waals surface area contributed by atoms with Gasteiger partial charge in [-0.25, -0.2) is 0 Å². The number of aryl methyl sites for hydroxylation is 1. The molecule has 0 aliphatic rings. The highest BCUT2D eigenvalue weighted by molar-refractivity contribution is 7.10. The van der Waals surface area contributed by atoms with E-state index in [1.54, 1.807) is 24.5 Å². The molecular weight excluding hydrogens is 256 g/mol. The second-order valence-electron chi connectivity index (χ2n) is 4.28. The number of benzene rings is 1. The molecule has 3 nitrogen and oxygen atoms in total. The molecule has 0 aliphatic heterocycles. The Morgan fingerprint density at radius 1 is 1.32 bits per heavy atom. The van der Waals surface area contributed by atoms with Crippen LogP contribution >= 0.6 is 11.3 Å². The Morgan fingerprint density at radius 3 is 2.79 bits per heavy atom. The molecule has 0 fully saturated rings. The monoisotopic (exact) mass is 272 g/mol. The van der Waals surface area contributed by atoms with Gasteiger partial charge in [-0.15, -0.1) is 11.3 Å². The molecule has 1 aromatic carbocycles. The van der Waals surface area contributed by atoms with Gasteiger partial charge in [0.15, 0.2) is 0 Å². The first kappa shape index (κ1) is 13.6. The van der Waals surface area contributed by atoms with Crippen LogP contribution in [0.3, 0.4) is 0 Å². The highest BCUT2D eigenvalue weighted by atomic mass is 32.1. The highest BCUT2D eigenvalue weighted by Gasteiger charge is 2.04. The van der Waals surface area contributed by atoms with Crippen LogP contribution < -0.4 is 10.1 Å². The van der Waals surface area contributed by atoms with Crippen molar-refractivity contribution in [2.75, 3.05) is 7.11 Å². The zero-order valence-corrected chi connectivity index (χ0v) is 11.9. The molecule has 1 aromatic heterocycles. The maximum atomic E-state index is 8.93. The molecular formula is C15H16N2OS. The average molecular weight is 272 g/mol. The number of ether oxygens (including phenoxy) is 1. The number of hydrogen-bond acceptors (Lipinski definition) is 4. The molecule has 0 unspecified atom stereocenters. The van der Waals surface area contributed by atoms with E-state index < -0.39 is 0 Å². The van der Waals surface area contributed by atoms with Gasteiger partial charge in [0.25, 0.3) is 0 Å². The van der Waals surface area contributed by atoms with E-state index in [0.717, 1.165) is 18.7 Å². The summed E-state index contributed by atoms with van der Waals surface area (Å²) < 4.78 is 5.20. The minimum atomic E-state index is 0.570. The first-order valence-corrected chi connectivity index (χ1v) is 6.93. The van der Waals surface area contributed by atoms with E-state index in [0.29, 0.717) is 11.3 Å². The zero-order chi connectivity index (χ0) is 13.7. The second-order valence-corrected chi connectivity index (χ2v) is 5.28. The number of rotatable bonds is 5. The molecule has 4 heteroatoms. The molecule has 2 rings (SSSR count). The molecule has 0 amide bonds. The van der Waals surface area contributed by atoms with Crippen LogP contribution in [-0.2, 0) is 13.1 Å². The van der Waals surface area contributed by atoms with Crippen molar-refractivity contribution in [3.8, 4) is 11.8 Å². The van der Waals surface area contributed by atoms with Crippen LogP contribution in [0.5, 0.6) is 5.75 Å². The largest absolute Gasteiger partial charge is 0.495 e. The van der Waals surface area contributed by atoms with Crippen LogP contribution in [0.25, 0.3) is 0 Å². The Kier molecular flexibility index (Phi) is 4.56. The lowest BCUT2D eigenvalue weighted by atomic mass is 10.1. The van der Waals surface area contributed by atoms with Gasteiger partial charge in [-0.05, 0) is 41.6 Å².